The van der Waals surface area contributed by atoms with Crippen molar-refractivity contribution in [3.63, 3.8) is 0 Å². The molecule has 0 bridgehead atoms. The van der Waals surface area contributed by atoms with Gasteiger partial charge in [0.2, 0.25) is 0 Å². The summed E-state index contributed by atoms with van der Waals surface area (Å²) in [6, 6.07) is 13.6. The van der Waals surface area contributed by atoms with Gasteiger partial charge >= 0.3 is 0 Å². The zero-order valence-corrected chi connectivity index (χ0v) is 13.9. The molecule has 0 aliphatic rings. The number of benzene rings is 2. The Morgan fingerprint density at radius 2 is 1.96 bits per heavy atom. The van der Waals surface area contributed by atoms with Crippen molar-refractivity contribution in [2.24, 2.45) is 0 Å². The number of aliphatic hydroxyl groups is 1. The smallest absolute Gasteiger partial charge is 0.118 e. The third-order valence-corrected chi connectivity index (χ3v) is 3.99. The molecule has 0 spiro atoms. The molecule has 0 aliphatic heterocycles. The minimum absolute atomic E-state index is 0.447. The lowest BCUT2D eigenvalue weighted by Crippen LogP contribution is -2.14. The second-order valence-electron chi connectivity index (χ2n) is 5.65. The Morgan fingerprint density at radius 1 is 1.22 bits per heavy atom. The predicted octanol–water partition coefficient (Wildman–Crippen LogP) is 3.67. The van der Waals surface area contributed by atoms with Gasteiger partial charge in [-0.3, -0.25) is 0 Å². The van der Waals surface area contributed by atoms with Crippen molar-refractivity contribution in [2.75, 3.05) is 7.11 Å². The average Bonchev–Trinajstić information content (AvgIpc) is 2.84. The van der Waals surface area contributed by atoms with Crippen LogP contribution >= 0.6 is 11.6 Å². The molecule has 1 unspecified atom stereocenters. The molecule has 120 valence electrons. The highest BCUT2D eigenvalue weighted by Crippen LogP contribution is 2.23. The number of aliphatic hydroxyl groups excluding tert-OH is 1. The third kappa shape index (κ3) is 3.49. The van der Waals surface area contributed by atoms with Crippen LogP contribution in [0, 0.1) is 0 Å². The molecule has 1 aromatic heterocycles. The number of methoxy groups -OCH3 is 1. The normalized spacial score (nSPS) is 12.5. The molecule has 2 aromatic carbocycles. The monoisotopic (exact) mass is 330 g/mol. The van der Waals surface area contributed by atoms with Gasteiger partial charge in [0.15, 0.2) is 0 Å². The number of imidazole rings is 1. The van der Waals surface area contributed by atoms with Crippen molar-refractivity contribution in [3.05, 3.63) is 58.9 Å². The molecular formula is C18H19ClN2O2. The largest absolute Gasteiger partial charge is 0.497 e. The Morgan fingerprint density at radius 3 is 2.61 bits per heavy atom. The summed E-state index contributed by atoms with van der Waals surface area (Å²) in [6.45, 7) is 2.28. The van der Waals surface area contributed by atoms with Crippen molar-refractivity contribution in [1.29, 1.82) is 0 Å². The molecule has 1 N–H and O–H groups in total. The Balaban J connectivity index is 2.00. The fraction of sp³-hybridized carbons (Fsp3) is 0.278. The van der Waals surface area contributed by atoms with Gasteiger partial charge in [0.25, 0.3) is 0 Å². The van der Waals surface area contributed by atoms with Gasteiger partial charge in [-0.1, -0.05) is 23.7 Å². The number of ether oxygens (including phenoxy) is 1. The molecule has 0 radical (unpaired) electrons. The highest BCUT2D eigenvalue weighted by Gasteiger charge is 2.13. The lowest BCUT2D eigenvalue weighted by Gasteiger charge is -2.11. The topological polar surface area (TPSA) is 47.3 Å². The van der Waals surface area contributed by atoms with Crippen LogP contribution in [0.25, 0.3) is 11.0 Å². The Hall–Kier alpha value is -2.04. The lowest BCUT2D eigenvalue weighted by atomic mass is 10.1. The number of halogens is 1. The maximum absolute atomic E-state index is 9.81. The summed E-state index contributed by atoms with van der Waals surface area (Å²) in [5.41, 5.74) is 2.97. The van der Waals surface area contributed by atoms with Crippen LogP contribution in [0.1, 0.15) is 18.3 Å². The molecule has 1 heterocycles. The summed E-state index contributed by atoms with van der Waals surface area (Å²) in [6.07, 6.45) is 0.237. The summed E-state index contributed by atoms with van der Waals surface area (Å²) in [7, 11) is 1.65. The first-order valence-electron chi connectivity index (χ1n) is 7.52. The number of nitrogens with zero attached hydrogens (tertiary/aromatic N) is 2. The molecule has 4 nitrogen and oxygen atoms in total. The van der Waals surface area contributed by atoms with Crippen molar-refractivity contribution >= 4 is 22.6 Å². The Bertz CT molecular complexity index is 810. The molecule has 3 aromatic rings. The molecular weight excluding hydrogens is 312 g/mol. The van der Waals surface area contributed by atoms with Gasteiger partial charge in [0, 0.05) is 11.4 Å². The molecule has 1 atom stereocenters. The zero-order valence-electron chi connectivity index (χ0n) is 13.2. The van der Waals surface area contributed by atoms with Crippen molar-refractivity contribution < 1.29 is 9.84 Å². The highest BCUT2D eigenvalue weighted by molar-refractivity contribution is 6.31. The molecule has 0 saturated carbocycles. The van der Waals surface area contributed by atoms with Gasteiger partial charge in [-0.15, -0.1) is 0 Å². The minimum Gasteiger partial charge on any atom is -0.497 e. The van der Waals surface area contributed by atoms with E-state index < -0.39 is 6.10 Å². The SMILES string of the molecule is COc1ccc(Cc2nc3cc(Cl)ccc3n2CC(C)O)cc1. The van der Waals surface area contributed by atoms with Crippen LogP contribution < -0.4 is 4.74 Å². The van der Waals surface area contributed by atoms with E-state index in [0.717, 1.165) is 28.2 Å². The number of fused-ring (bicyclic) bond motifs is 1. The van der Waals surface area contributed by atoms with Crippen LogP contribution in [0.15, 0.2) is 42.5 Å². The van der Waals surface area contributed by atoms with E-state index in [1.807, 2.05) is 42.5 Å². The predicted molar refractivity (Wildman–Crippen MR) is 92.2 cm³/mol. The molecule has 0 aliphatic carbocycles. The quantitative estimate of drug-likeness (QED) is 0.776. The summed E-state index contributed by atoms with van der Waals surface area (Å²) in [5.74, 6) is 1.74. The van der Waals surface area contributed by atoms with E-state index in [-0.39, 0.29) is 0 Å². The summed E-state index contributed by atoms with van der Waals surface area (Å²) in [4.78, 5) is 4.70. The third-order valence-electron chi connectivity index (χ3n) is 3.76. The maximum Gasteiger partial charge on any atom is 0.118 e. The van der Waals surface area contributed by atoms with E-state index in [9.17, 15) is 5.11 Å². The molecule has 5 heteroatoms. The van der Waals surface area contributed by atoms with Crippen LogP contribution in [0.2, 0.25) is 5.02 Å². The minimum atomic E-state index is -0.447. The van der Waals surface area contributed by atoms with Gasteiger partial charge in [-0.2, -0.15) is 0 Å². The van der Waals surface area contributed by atoms with Crippen molar-refractivity contribution in [2.45, 2.75) is 26.0 Å². The standard InChI is InChI=1S/C18H19ClN2O2/c1-12(22)11-21-17-8-5-14(19)10-16(17)20-18(21)9-13-3-6-15(23-2)7-4-13/h3-8,10,12,22H,9,11H2,1-2H3. The Kier molecular flexibility index (Phi) is 4.55. The number of hydrogen-bond donors (Lipinski definition) is 1. The van der Waals surface area contributed by atoms with E-state index in [1.165, 1.54) is 0 Å². The first kappa shape index (κ1) is 15.8. The number of aromatic nitrogens is 2. The second-order valence-corrected chi connectivity index (χ2v) is 6.08. The van der Waals surface area contributed by atoms with E-state index in [0.29, 0.717) is 18.0 Å². The molecule has 0 amide bonds. The van der Waals surface area contributed by atoms with E-state index in [4.69, 9.17) is 21.3 Å². The van der Waals surface area contributed by atoms with E-state index >= 15 is 0 Å². The van der Waals surface area contributed by atoms with Crippen molar-refractivity contribution in [3.8, 4) is 5.75 Å². The molecule has 23 heavy (non-hydrogen) atoms. The van der Waals surface area contributed by atoms with Gasteiger partial charge in [-0.05, 0) is 42.8 Å². The van der Waals surface area contributed by atoms with Crippen LogP contribution in [-0.2, 0) is 13.0 Å². The van der Waals surface area contributed by atoms with E-state index in [2.05, 4.69) is 4.57 Å². The van der Waals surface area contributed by atoms with Gasteiger partial charge in [-0.25, -0.2) is 4.98 Å². The lowest BCUT2D eigenvalue weighted by molar-refractivity contribution is 0.174. The molecule has 0 saturated heterocycles. The Labute approximate surface area is 140 Å². The number of rotatable bonds is 5. The first-order chi connectivity index (χ1) is 11.1. The molecule has 3 rings (SSSR count). The van der Waals surface area contributed by atoms with Crippen LogP contribution in [0.5, 0.6) is 5.75 Å². The van der Waals surface area contributed by atoms with Crippen molar-refractivity contribution in [1.82, 2.24) is 9.55 Å². The number of hydrogen-bond acceptors (Lipinski definition) is 3. The fourth-order valence-electron chi connectivity index (χ4n) is 2.68. The highest BCUT2D eigenvalue weighted by atomic mass is 35.5. The molecule has 0 fully saturated rings. The van der Waals surface area contributed by atoms with Gasteiger partial charge in [0.1, 0.15) is 11.6 Å². The average molecular weight is 331 g/mol. The van der Waals surface area contributed by atoms with Crippen LogP contribution in [-0.4, -0.2) is 27.9 Å². The second kappa shape index (κ2) is 6.60. The summed E-state index contributed by atoms with van der Waals surface area (Å²) < 4.78 is 7.24. The van der Waals surface area contributed by atoms with Crippen LogP contribution in [0.4, 0.5) is 0 Å². The summed E-state index contributed by atoms with van der Waals surface area (Å²) in [5, 5.41) is 10.5. The van der Waals surface area contributed by atoms with Crippen LogP contribution in [0.3, 0.4) is 0 Å². The first-order valence-corrected chi connectivity index (χ1v) is 7.90. The fourth-order valence-corrected chi connectivity index (χ4v) is 2.85. The zero-order chi connectivity index (χ0) is 16.4. The van der Waals surface area contributed by atoms with E-state index in [1.54, 1.807) is 14.0 Å². The maximum atomic E-state index is 9.81. The van der Waals surface area contributed by atoms with Gasteiger partial charge < -0.3 is 14.4 Å². The summed E-state index contributed by atoms with van der Waals surface area (Å²) >= 11 is 6.07. The van der Waals surface area contributed by atoms with Gasteiger partial charge in [0.05, 0.1) is 30.8 Å².